The van der Waals surface area contributed by atoms with E-state index in [0.29, 0.717) is 19.5 Å². The Morgan fingerprint density at radius 2 is 1.74 bits per heavy atom. The molecule has 0 bridgehead atoms. The number of rotatable bonds is 8. The van der Waals surface area contributed by atoms with Gasteiger partial charge in [-0.1, -0.05) is 61.5 Å². The molecule has 4 heteroatoms. The molecular weight excluding hydrogens is 354 g/mol. The molecule has 0 saturated carbocycles. The minimum atomic E-state index is 0.158. The number of carbonyl (C=O) groups is 1. The summed E-state index contributed by atoms with van der Waals surface area (Å²) >= 11 is 1.68. The Labute approximate surface area is 165 Å². The van der Waals surface area contributed by atoms with Gasteiger partial charge >= 0.3 is 0 Å². The van der Waals surface area contributed by atoms with Crippen LogP contribution in [0.25, 0.3) is 0 Å². The number of hydrogen-bond acceptors (Lipinski definition) is 3. The molecule has 2 aromatic carbocycles. The first kappa shape index (κ1) is 19.2. The minimum Gasteiger partial charge on any atom is -0.496 e. The second kappa shape index (κ2) is 9.38. The first-order chi connectivity index (χ1) is 13.2. The predicted molar refractivity (Wildman–Crippen MR) is 111 cm³/mol. The lowest BCUT2D eigenvalue weighted by Gasteiger charge is -2.25. The van der Waals surface area contributed by atoms with Gasteiger partial charge in [-0.05, 0) is 29.0 Å². The zero-order chi connectivity index (χ0) is 19.1. The van der Waals surface area contributed by atoms with E-state index in [-0.39, 0.29) is 11.8 Å². The minimum absolute atomic E-state index is 0.158. The number of amides is 1. The number of para-hydroxylation sites is 1. The molecule has 3 rings (SSSR count). The van der Waals surface area contributed by atoms with Crippen LogP contribution >= 0.6 is 11.3 Å². The van der Waals surface area contributed by atoms with Gasteiger partial charge in [0.05, 0.1) is 13.7 Å². The number of carbonyl (C=O) groups excluding carboxylic acids is 1. The Balaban J connectivity index is 1.77. The fourth-order valence-electron chi connectivity index (χ4n) is 3.15. The fourth-order valence-corrected chi connectivity index (χ4v) is 3.87. The smallest absolute Gasteiger partial charge is 0.223 e. The molecular formula is C23H25NO2S. The zero-order valence-electron chi connectivity index (χ0n) is 15.8. The van der Waals surface area contributed by atoms with E-state index in [1.54, 1.807) is 18.4 Å². The summed E-state index contributed by atoms with van der Waals surface area (Å²) in [6, 6.07) is 22.2. The molecule has 0 saturated heterocycles. The lowest BCUT2D eigenvalue weighted by molar-refractivity contribution is -0.132. The van der Waals surface area contributed by atoms with Crippen LogP contribution in [0.1, 0.15) is 35.3 Å². The van der Waals surface area contributed by atoms with Crippen LogP contribution in [0.15, 0.2) is 72.1 Å². The lowest BCUT2D eigenvalue weighted by atomic mass is 9.97. The normalized spacial score (nSPS) is 11.8. The summed E-state index contributed by atoms with van der Waals surface area (Å²) in [5.41, 5.74) is 2.22. The summed E-state index contributed by atoms with van der Waals surface area (Å²) < 4.78 is 5.48. The fraction of sp³-hybridized carbons (Fsp3) is 0.261. The van der Waals surface area contributed by atoms with Crippen molar-refractivity contribution in [1.82, 2.24) is 4.90 Å². The zero-order valence-corrected chi connectivity index (χ0v) is 16.6. The molecule has 0 aliphatic rings. The van der Waals surface area contributed by atoms with Gasteiger partial charge in [0.15, 0.2) is 0 Å². The number of ether oxygens (including phenoxy) is 1. The average Bonchev–Trinajstić information content (AvgIpc) is 3.21. The van der Waals surface area contributed by atoms with E-state index in [4.69, 9.17) is 4.74 Å². The predicted octanol–water partition coefficient (Wildman–Crippen LogP) is 5.48. The highest BCUT2D eigenvalue weighted by Crippen LogP contribution is 2.25. The van der Waals surface area contributed by atoms with Gasteiger partial charge in [0.25, 0.3) is 0 Å². The monoisotopic (exact) mass is 379 g/mol. The number of methoxy groups -OCH3 is 1. The SMILES string of the molecule is COc1ccccc1CN(Cc1cccs1)C(=O)CC(C)c1ccccc1. The summed E-state index contributed by atoms with van der Waals surface area (Å²) in [7, 11) is 1.67. The second-order valence-corrected chi connectivity index (χ2v) is 7.69. The van der Waals surface area contributed by atoms with E-state index in [2.05, 4.69) is 25.1 Å². The van der Waals surface area contributed by atoms with Crippen molar-refractivity contribution >= 4 is 17.2 Å². The number of thiophene rings is 1. The summed E-state index contributed by atoms with van der Waals surface area (Å²) in [5, 5.41) is 2.05. The van der Waals surface area contributed by atoms with Gasteiger partial charge in [0, 0.05) is 23.4 Å². The van der Waals surface area contributed by atoms with Crippen molar-refractivity contribution in [1.29, 1.82) is 0 Å². The Morgan fingerprint density at radius 1 is 1.00 bits per heavy atom. The standard InChI is InChI=1S/C23H25NO2S/c1-18(19-9-4-3-5-10-19)15-23(25)24(17-21-12-8-14-27-21)16-20-11-6-7-13-22(20)26-2/h3-14,18H,15-17H2,1-2H3. The summed E-state index contributed by atoms with van der Waals surface area (Å²) in [4.78, 5) is 16.3. The highest BCUT2D eigenvalue weighted by Gasteiger charge is 2.20. The first-order valence-corrected chi connectivity index (χ1v) is 10.0. The Morgan fingerprint density at radius 3 is 2.44 bits per heavy atom. The van der Waals surface area contributed by atoms with Gasteiger partial charge in [-0.2, -0.15) is 0 Å². The molecule has 0 spiro atoms. The van der Waals surface area contributed by atoms with Crippen LogP contribution in [0.4, 0.5) is 0 Å². The Bertz CT molecular complexity index is 846. The molecule has 1 unspecified atom stereocenters. The van der Waals surface area contributed by atoms with Crippen molar-refractivity contribution in [3.05, 3.63) is 88.1 Å². The van der Waals surface area contributed by atoms with E-state index >= 15 is 0 Å². The molecule has 1 heterocycles. The van der Waals surface area contributed by atoms with Gasteiger partial charge in [0.1, 0.15) is 5.75 Å². The maximum Gasteiger partial charge on any atom is 0.223 e. The molecule has 140 valence electrons. The maximum atomic E-state index is 13.1. The third kappa shape index (κ3) is 5.20. The van der Waals surface area contributed by atoms with Crippen LogP contribution < -0.4 is 4.74 Å². The Hall–Kier alpha value is -2.59. The van der Waals surface area contributed by atoms with Crippen LogP contribution in [-0.2, 0) is 17.9 Å². The van der Waals surface area contributed by atoms with E-state index in [1.807, 2.05) is 58.8 Å². The van der Waals surface area contributed by atoms with Crippen molar-refractivity contribution in [2.24, 2.45) is 0 Å². The van der Waals surface area contributed by atoms with Crippen LogP contribution in [0.2, 0.25) is 0 Å². The molecule has 1 aromatic heterocycles. The van der Waals surface area contributed by atoms with Crippen LogP contribution in [0, 0.1) is 0 Å². The highest BCUT2D eigenvalue weighted by atomic mass is 32.1. The van der Waals surface area contributed by atoms with Crippen molar-refractivity contribution in [3.63, 3.8) is 0 Å². The number of benzene rings is 2. The van der Waals surface area contributed by atoms with E-state index < -0.39 is 0 Å². The molecule has 0 aliphatic heterocycles. The van der Waals surface area contributed by atoms with Crippen LogP contribution in [-0.4, -0.2) is 17.9 Å². The quantitative estimate of drug-likeness (QED) is 0.519. The van der Waals surface area contributed by atoms with Gasteiger partial charge in [-0.3, -0.25) is 4.79 Å². The van der Waals surface area contributed by atoms with Gasteiger partial charge in [-0.15, -0.1) is 11.3 Å². The van der Waals surface area contributed by atoms with E-state index in [9.17, 15) is 4.79 Å². The van der Waals surface area contributed by atoms with Crippen LogP contribution in [0.5, 0.6) is 5.75 Å². The van der Waals surface area contributed by atoms with E-state index in [1.165, 1.54) is 10.4 Å². The number of nitrogens with zero attached hydrogens (tertiary/aromatic N) is 1. The summed E-state index contributed by atoms with van der Waals surface area (Å²) in [6.45, 7) is 3.28. The molecule has 0 N–H and O–H groups in total. The molecule has 0 aliphatic carbocycles. The molecule has 0 fully saturated rings. The van der Waals surface area contributed by atoms with Crippen molar-refractivity contribution < 1.29 is 9.53 Å². The molecule has 1 atom stereocenters. The number of hydrogen-bond donors (Lipinski definition) is 0. The maximum absolute atomic E-state index is 13.1. The van der Waals surface area contributed by atoms with Gasteiger partial charge < -0.3 is 9.64 Å². The highest BCUT2D eigenvalue weighted by molar-refractivity contribution is 7.09. The third-order valence-corrected chi connectivity index (χ3v) is 5.54. The van der Waals surface area contributed by atoms with Crippen molar-refractivity contribution in [2.45, 2.75) is 32.4 Å². The summed E-state index contributed by atoms with van der Waals surface area (Å²) in [5.74, 6) is 1.16. The van der Waals surface area contributed by atoms with Crippen LogP contribution in [0.3, 0.4) is 0 Å². The molecule has 0 radical (unpaired) electrons. The summed E-state index contributed by atoms with van der Waals surface area (Å²) in [6.07, 6.45) is 0.491. The van der Waals surface area contributed by atoms with Crippen molar-refractivity contribution in [2.75, 3.05) is 7.11 Å². The van der Waals surface area contributed by atoms with E-state index in [0.717, 1.165) is 11.3 Å². The largest absolute Gasteiger partial charge is 0.496 e. The molecule has 1 amide bonds. The molecule has 27 heavy (non-hydrogen) atoms. The Kier molecular flexibility index (Phi) is 6.66. The lowest BCUT2D eigenvalue weighted by Crippen LogP contribution is -2.30. The van der Waals surface area contributed by atoms with Crippen molar-refractivity contribution in [3.8, 4) is 5.75 Å². The third-order valence-electron chi connectivity index (χ3n) is 4.68. The average molecular weight is 380 g/mol. The topological polar surface area (TPSA) is 29.5 Å². The van der Waals surface area contributed by atoms with Gasteiger partial charge in [0.2, 0.25) is 5.91 Å². The molecule has 3 nitrogen and oxygen atoms in total. The second-order valence-electron chi connectivity index (χ2n) is 6.66. The molecule has 3 aromatic rings. The first-order valence-electron chi connectivity index (χ1n) is 9.14. The van der Waals surface area contributed by atoms with Gasteiger partial charge in [-0.25, -0.2) is 0 Å².